The summed E-state index contributed by atoms with van der Waals surface area (Å²) in [4.78, 5) is 0. The average molecular weight is 335 g/mol. The standard InChI is InChI=1S/C12H19BrN2O2S/c1-9(2)14-6-7-18(16,17)15-11-5-4-10(3)12(13)8-11/h4-5,8-9,14-15H,6-7H2,1-3H3. The van der Waals surface area contributed by atoms with Crippen LogP contribution < -0.4 is 10.0 Å². The minimum Gasteiger partial charge on any atom is -0.313 e. The SMILES string of the molecule is Cc1ccc(NS(=O)(=O)CCNC(C)C)cc1Br. The van der Waals surface area contributed by atoms with Crippen molar-refractivity contribution in [3.8, 4) is 0 Å². The molecule has 0 aliphatic rings. The molecule has 18 heavy (non-hydrogen) atoms. The third kappa shape index (κ3) is 5.37. The van der Waals surface area contributed by atoms with Gasteiger partial charge in [0.1, 0.15) is 0 Å². The highest BCUT2D eigenvalue weighted by Crippen LogP contribution is 2.21. The van der Waals surface area contributed by atoms with Crippen molar-refractivity contribution in [1.82, 2.24) is 5.32 Å². The van der Waals surface area contributed by atoms with Crippen molar-refractivity contribution in [3.63, 3.8) is 0 Å². The van der Waals surface area contributed by atoms with Crippen LogP contribution in [0.15, 0.2) is 22.7 Å². The van der Waals surface area contributed by atoms with Crippen LogP contribution >= 0.6 is 15.9 Å². The second-order valence-electron chi connectivity index (χ2n) is 4.49. The second-order valence-corrected chi connectivity index (χ2v) is 7.19. The molecular formula is C12H19BrN2O2S. The van der Waals surface area contributed by atoms with E-state index >= 15 is 0 Å². The van der Waals surface area contributed by atoms with Gasteiger partial charge in [-0.25, -0.2) is 8.42 Å². The molecule has 4 nitrogen and oxygen atoms in total. The van der Waals surface area contributed by atoms with Crippen molar-refractivity contribution in [2.24, 2.45) is 0 Å². The number of halogens is 1. The number of anilines is 1. The first-order valence-electron chi connectivity index (χ1n) is 5.80. The summed E-state index contributed by atoms with van der Waals surface area (Å²) in [6.07, 6.45) is 0. The predicted octanol–water partition coefficient (Wildman–Crippen LogP) is 2.50. The summed E-state index contributed by atoms with van der Waals surface area (Å²) in [7, 11) is -3.29. The van der Waals surface area contributed by atoms with Crippen LogP contribution in [-0.4, -0.2) is 26.8 Å². The lowest BCUT2D eigenvalue weighted by Crippen LogP contribution is -2.30. The third-order valence-corrected chi connectivity index (χ3v) is 4.51. The lowest BCUT2D eigenvalue weighted by molar-refractivity contribution is 0.582. The van der Waals surface area contributed by atoms with Crippen molar-refractivity contribution in [2.45, 2.75) is 26.8 Å². The number of hydrogen-bond acceptors (Lipinski definition) is 3. The zero-order valence-electron chi connectivity index (χ0n) is 10.8. The largest absolute Gasteiger partial charge is 0.313 e. The predicted molar refractivity (Wildman–Crippen MR) is 79.4 cm³/mol. The fourth-order valence-electron chi connectivity index (χ4n) is 1.37. The van der Waals surface area contributed by atoms with Gasteiger partial charge >= 0.3 is 0 Å². The van der Waals surface area contributed by atoms with Crippen molar-refractivity contribution in [1.29, 1.82) is 0 Å². The molecule has 102 valence electrons. The van der Waals surface area contributed by atoms with Crippen LogP contribution in [0.25, 0.3) is 0 Å². The van der Waals surface area contributed by atoms with Crippen LogP contribution in [0.2, 0.25) is 0 Å². The van der Waals surface area contributed by atoms with Gasteiger partial charge in [0.2, 0.25) is 10.0 Å². The Balaban J connectivity index is 2.62. The molecule has 0 bridgehead atoms. The van der Waals surface area contributed by atoms with E-state index in [2.05, 4.69) is 26.0 Å². The highest BCUT2D eigenvalue weighted by atomic mass is 79.9. The van der Waals surface area contributed by atoms with Gasteiger partial charge in [-0.15, -0.1) is 0 Å². The van der Waals surface area contributed by atoms with E-state index in [1.807, 2.05) is 26.8 Å². The molecule has 0 saturated heterocycles. The quantitative estimate of drug-likeness (QED) is 0.840. The smallest absolute Gasteiger partial charge is 0.233 e. The molecule has 0 radical (unpaired) electrons. The van der Waals surface area contributed by atoms with Gasteiger partial charge in [0.05, 0.1) is 5.75 Å². The Morgan fingerprint density at radius 1 is 1.33 bits per heavy atom. The van der Waals surface area contributed by atoms with Crippen LogP contribution in [0.5, 0.6) is 0 Å². The number of hydrogen-bond donors (Lipinski definition) is 2. The van der Waals surface area contributed by atoms with Gasteiger partial charge in [0.25, 0.3) is 0 Å². The number of sulfonamides is 1. The Bertz CT molecular complexity index is 501. The fraction of sp³-hybridized carbons (Fsp3) is 0.500. The van der Waals surface area contributed by atoms with E-state index in [0.717, 1.165) is 10.0 Å². The topological polar surface area (TPSA) is 58.2 Å². The summed E-state index contributed by atoms with van der Waals surface area (Å²) in [5, 5.41) is 3.08. The van der Waals surface area contributed by atoms with Crippen molar-refractivity contribution >= 4 is 31.6 Å². The monoisotopic (exact) mass is 334 g/mol. The zero-order valence-corrected chi connectivity index (χ0v) is 13.2. The van der Waals surface area contributed by atoms with Gasteiger partial charge < -0.3 is 5.32 Å². The normalized spacial score (nSPS) is 11.8. The summed E-state index contributed by atoms with van der Waals surface area (Å²) in [5.41, 5.74) is 1.65. The maximum atomic E-state index is 11.8. The highest BCUT2D eigenvalue weighted by Gasteiger charge is 2.10. The van der Waals surface area contributed by atoms with Crippen LogP contribution in [0, 0.1) is 6.92 Å². The lowest BCUT2D eigenvalue weighted by Gasteiger charge is -2.11. The molecule has 1 aromatic carbocycles. The van der Waals surface area contributed by atoms with E-state index in [0.29, 0.717) is 12.2 Å². The van der Waals surface area contributed by atoms with Crippen LogP contribution in [0.3, 0.4) is 0 Å². The minimum atomic E-state index is -3.29. The Labute approximate surface area is 117 Å². The van der Waals surface area contributed by atoms with Crippen molar-refractivity contribution < 1.29 is 8.42 Å². The van der Waals surface area contributed by atoms with Crippen molar-refractivity contribution in [2.75, 3.05) is 17.0 Å². The summed E-state index contributed by atoms with van der Waals surface area (Å²) < 4.78 is 27.1. The first-order valence-corrected chi connectivity index (χ1v) is 8.25. The van der Waals surface area contributed by atoms with Gasteiger partial charge in [0, 0.05) is 22.7 Å². The van der Waals surface area contributed by atoms with Crippen LogP contribution in [0.1, 0.15) is 19.4 Å². The maximum Gasteiger partial charge on any atom is 0.233 e. The molecule has 0 fully saturated rings. The molecule has 0 amide bonds. The number of nitrogens with one attached hydrogen (secondary N) is 2. The molecule has 0 heterocycles. The van der Waals surface area contributed by atoms with Gasteiger partial charge in [0.15, 0.2) is 0 Å². The Kier molecular flexibility index (Phi) is 5.62. The summed E-state index contributed by atoms with van der Waals surface area (Å²) in [6, 6.07) is 5.68. The van der Waals surface area contributed by atoms with E-state index in [1.54, 1.807) is 12.1 Å². The fourth-order valence-corrected chi connectivity index (χ4v) is 2.72. The molecule has 0 aromatic heterocycles. The molecule has 0 unspecified atom stereocenters. The highest BCUT2D eigenvalue weighted by molar-refractivity contribution is 9.10. The maximum absolute atomic E-state index is 11.8. The number of rotatable bonds is 6. The molecule has 6 heteroatoms. The van der Waals surface area contributed by atoms with E-state index in [9.17, 15) is 8.42 Å². The third-order valence-electron chi connectivity index (χ3n) is 2.37. The minimum absolute atomic E-state index is 0.0661. The van der Waals surface area contributed by atoms with Gasteiger partial charge in [-0.1, -0.05) is 35.8 Å². The first kappa shape index (κ1) is 15.5. The number of benzene rings is 1. The molecule has 0 aliphatic heterocycles. The molecule has 0 saturated carbocycles. The van der Waals surface area contributed by atoms with Gasteiger partial charge in [-0.05, 0) is 24.6 Å². The first-order chi connectivity index (χ1) is 8.30. The Morgan fingerprint density at radius 3 is 2.56 bits per heavy atom. The molecule has 1 rings (SSSR count). The molecular weight excluding hydrogens is 316 g/mol. The Hall–Kier alpha value is -0.590. The summed E-state index contributed by atoms with van der Waals surface area (Å²) >= 11 is 3.38. The van der Waals surface area contributed by atoms with E-state index in [-0.39, 0.29) is 11.8 Å². The van der Waals surface area contributed by atoms with Gasteiger partial charge in [-0.2, -0.15) is 0 Å². The Morgan fingerprint density at radius 2 is 2.00 bits per heavy atom. The van der Waals surface area contributed by atoms with E-state index in [1.165, 1.54) is 0 Å². The van der Waals surface area contributed by atoms with Crippen LogP contribution in [0.4, 0.5) is 5.69 Å². The summed E-state index contributed by atoms with van der Waals surface area (Å²) in [5.74, 6) is 0.0661. The molecule has 1 aromatic rings. The average Bonchev–Trinajstić information content (AvgIpc) is 2.22. The van der Waals surface area contributed by atoms with E-state index in [4.69, 9.17) is 0 Å². The van der Waals surface area contributed by atoms with Gasteiger partial charge in [-0.3, -0.25) is 4.72 Å². The second kappa shape index (κ2) is 6.54. The molecule has 0 spiro atoms. The zero-order chi connectivity index (χ0) is 13.8. The van der Waals surface area contributed by atoms with Crippen molar-refractivity contribution in [3.05, 3.63) is 28.2 Å². The number of aryl methyl sites for hydroxylation is 1. The molecule has 2 N–H and O–H groups in total. The molecule has 0 atom stereocenters. The van der Waals surface area contributed by atoms with E-state index < -0.39 is 10.0 Å². The summed E-state index contributed by atoms with van der Waals surface area (Å²) in [6.45, 7) is 6.36. The van der Waals surface area contributed by atoms with Crippen LogP contribution in [-0.2, 0) is 10.0 Å². The lowest BCUT2D eigenvalue weighted by atomic mass is 10.2. The molecule has 0 aliphatic carbocycles.